The van der Waals surface area contributed by atoms with Gasteiger partial charge in [-0.3, -0.25) is 9.88 Å². The number of oxime groups is 1. The zero-order valence-corrected chi connectivity index (χ0v) is 19.5. The largest absolute Gasteiger partial charge is 0.442 e. The normalized spacial score (nSPS) is 19.5. The lowest BCUT2D eigenvalue weighted by Gasteiger charge is -2.14. The third-order valence-corrected chi connectivity index (χ3v) is 6.72. The van der Waals surface area contributed by atoms with E-state index in [0.29, 0.717) is 41.2 Å². The van der Waals surface area contributed by atoms with Crippen LogP contribution < -0.4 is 4.90 Å². The maximum atomic E-state index is 15.0. The summed E-state index contributed by atoms with van der Waals surface area (Å²) in [5.41, 5.74) is 2.83. The van der Waals surface area contributed by atoms with Gasteiger partial charge in [0.2, 0.25) is 0 Å². The van der Waals surface area contributed by atoms with Gasteiger partial charge >= 0.3 is 6.09 Å². The maximum Gasteiger partial charge on any atom is 0.414 e. The van der Waals surface area contributed by atoms with Gasteiger partial charge in [0.25, 0.3) is 0 Å². The number of carbonyl (C=O) groups is 1. The molecule has 10 nitrogen and oxygen atoms in total. The number of nitrogens with zero attached hydrogens (tertiary/aromatic N) is 6. The lowest BCUT2D eigenvalue weighted by molar-refractivity contribution is 0.103. The minimum atomic E-state index is -0.527. The molecule has 182 valence electrons. The zero-order chi connectivity index (χ0) is 24.2. The van der Waals surface area contributed by atoms with Crippen molar-refractivity contribution >= 4 is 29.3 Å². The highest BCUT2D eigenvalue weighted by molar-refractivity contribution is 7.99. The zero-order valence-electron chi connectivity index (χ0n) is 18.7. The van der Waals surface area contributed by atoms with Crippen molar-refractivity contribution in [1.82, 2.24) is 20.0 Å². The van der Waals surface area contributed by atoms with Crippen LogP contribution in [0.5, 0.6) is 0 Å². The highest BCUT2D eigenvalue weighted by atomic mass is 32.2. The Morgan fingerprint density at radius 1 is 1.23 bits per heavy atom. The van der Waals surface area contributed by atoms with Crippen molar-refractivity contribution in [3.63, 3.8) is 0 Å². The Hall–Kier alpha value is -3.51. The van der Waals surface area contributed by atoms with Crippen molar-refractivity contribution < 1.29 is 23.9 Å². The second kappa shape index (κ2) is 10.4. The summed E-state index contributed by atoms with van der Waals surface area (Å²) in [6.07, 6.45) is 4.50. The Labute approximate surface area is 204 Å². The number of aliphatic hydroxyl groups excluding tert-OH is 1. The summed E-state index contributed by atoms with van der Waals surface area (Å²) in [4.78, 5) is 23.6. The van der Waals surface area contributed by atoms with Crippen LogP contribution in [0.25, 0.3) is 11.1 Å². The third-order valence-electron chi connectivity index (χ3n) is 5.64. The number of hydrogen-bond acceptors (Lipinski definition) is 9. The molecule has 2 aliphatic heterocycles. The Kier molecular flexibility index (Phi) is 6.91. The lowest BCUT2D eigenvalue weighted by Crippen LogP contribution is -2.26. The van der Waals surface area contributed by atoms with Crippen LogP contribution in [0.2, 0.25) is 0 Å². The summed E-state index contributed by atoms with van der Waals surface area (Å²) >= 11 is 1.61. The lowest BCUT2D eigenvalue weighted by atomic mass is 10.0. The maximum absolute atomic E-state index is 15.0. The van der Waals surface area contributed by atoms with E-state index in [9.17, 15) is 4.79 Å². The van der Waals surface area contributed by atoms with Crippen LogP contribution in [-0.4, -0.2) is 73.8 Å². The second-order valence-electron chi connectivity index (χ2n) is 8.11. The van der Waals surface area contributed by atoms with Crippen LogP contribution in [-0.2, 0) is 16.1 Å². The topological polar surface area (TPSA) is 115 Å². The van der Waals surface area contributed by atoms with Gasteiger partial charge in [0.15, 0.2) is 0 Å². The molecule has 3 aromatic rings. The van der Waals surface area contributed by atoms with Crippen LogP contribution in [0.4, 0.5) is 14.9 Å². The molecule has 1 saturated heterocycles. The molecule has 4 heterocycles. The van der Waals surface area contributed by atoms with E-state index in [4.69, 9.17) is 14.7 Å². The van der Waals surface area contributed by atoms with E-state index in [-0.39, 0.29) is 19.3 Å². The molecule has 0 spiro atoms. The van der Waals surface area contributed by atoms with Gasteiger partial charge in [-0.2, -0.15) is 11.8 Å². The predicted octanol–water partition coefficient (Wildman–Crippen LogP) is 2.72. The van der Waals surface area contributed by atoms with Gasteiger partial charge in [0, 0.05) is 41.4 Å². The van der Waals surface area contributed by atoms with Gasteiger partial charge < -0.3 is 14.7 Å². The molecule has 2 aliphatic rings. The van der Waals surface area contributed by atoms with Crippen molar-refractivity contribution in [2.75, 3.05) is 29.6 Å². The molecule has 0 aliphatic carbocycles. The van der Waals surface area contributed by atoms with Crippen molar-refractivity contribution in [1.29, 1.82) is 0 Å². The summed E-state index contributed by atoms with van der Waals surface area (Å²) in [6, 6.07) is 8.22. The van der Waals surface area contributed by atoms with E-state index in [2.05, 4.69) is 20.5 Å². The summed E-state index contributed by atoms with van der Waals surface area (Å²) < 4.78 is 22.0. The fourth-order valence-electron chi connectivity index (χ4n) is 3.94. The quantitative estimate of drug-likeness (QED) is 0.448. The first kappa shape index (κ1) is 23.2. The van der Waals surface area contributed by atoms with Crippen LogP contribution in [0.3, 0.4) is 0 Å². The standard InChI is InChI=1S/C23H23FN6O4S/c24-20-9-16(30-13-18(33-23(30)32)12-29-6-5-26-28-29)2-3-19(20)15-1-4-21(25-11-15)22-10-17(34-27-22)14-35-8-7-31/h1-6,9,11,17-18,31H,7-8,10,12-14H2/t17-,18-/m0/s1. The van der Waals surface area contributed by atoms with E-state index in [0.717, 1.165) is 11.5 Å². The molecule has 12 heteroatoms. The molecule has 1 aromatic carbocycles. The van der Waals surface area contributed by atoms with Crippen molar-refractivity contribution in [2.45, 2.75) is 25.2 Å². The number of hydrogen-bond donors (Lipinski definition) is 1. The minimum Gasteiger partial charge on any atom is -0.442 e. The number of cyclic esters (lactones) is 1. The minimum absolute atomic E-state index is 0.0406. The molecule has 1 amide bonds. The fraction of sp³-hybridized carbons (Fsp3) is 0.348. The number of pyridine rings is 1. The molecule has 0 radical (unpaired) electrons. The number of halogens is 1. The van der Waals surface area contributed by atoms with E-state index in [1.807, 2.05) is 0 Å². The Bertz CT molecular complexity index is 1210. The highest BCUT2D eigenvalue weighted by Gasteiger charge is 2.33. The molecule has 1 N–H and O–H groups in total. The fourth-order valence-corrected chi connectivity index (χ4v) is 4.68. The smallest absolute Gasteiger partial charge is 0.414 e. The Morgan fingerprint density at radius 2 is 2.14 bits per heavy atom. The SMILES string of the molecule is O=C1O[C@@H](Cn2ccnn2)CN1c1ccc(-c2ccc(C3=NO[C@H](CSCCO)C3)nc2)c(F)c1. The van der Waals surface area contributed by atoms with Crippen LogP contribution >= 0.6 is 11.8 Å². The number of rotatable bonds is 9. The Balaban J connectivity index is 1.23. The van der Waals surface area contributed by atoms with Gasteiger partial charge in [-0.15, -0.1) is 5.10 Å². The van der Waals surface area contributed by atoms with Crippen LogP contribution in [0.1, 0.15) is 12.1 Å². The van der Waals surface area contributed by atoms with E-state index >= 15 is 4.39 Å². The molecule has 2 atom stereocenters. The number of aromatic nitrogens is 4. The number of benzene rings is 1. The van der Waals surface area contributed by atoms with Crippen molar-refractivity contribution in [3.8, 4) is 11.1 Å². The van der Waals surface area contributed by atoms with E-state index in [1.165, 1.54) is 11.0 Å². The monoisotopic (exact) mass is 498 g/mol. The number of anilines is 1. The molecule has 0 bridgehead atoms. The number of ether oxygens (including phenoxy) is 1. The van der Waals surface area contributed by atoms with Gasteiger partial charge in [-0.05, 0) is 24.3 Å². The third kappa shape index (κ3) is 5.28. The number of aliphatic hydroxyl groups is 1. The average molecular weight is 499 g/mol. The van der Waals surface area contributed by atoms with Crippen LogP contribution in [0, 0.1) is 5.82 Å². The number of amides is 1. The number of carbonyl (C=O) groups excluding carboxylic acids is 1. The van der Waals surface area contributed by atoms with Crippen LogP contribution in [0.15, 0.2) is 54.1 Å². The predicted molar refractivity (Wildman–Crippen MR) is 128 cm³/mol. The molecule has 35 heavy (non-hydrogen) atoms. The van der Waals surface area contributed by atoms with Gasteiger partial charge in [-0.25, -0.2) is 13.9 Å². The van der Waals surface area contributed by atoms with Crippen molar-refractivity contribution in [2.24, 2.45) is 5.16 Å². The first-order valence-electron chi connectivity index (χ1n) is 11.1. The van der Waals surface area contributed by atoms with E-state index < -0.39 is 18.0 Å². The summed E-state index contributed by atoms with van der Waals surface area (Å²) in [6.45, 7) is 0.801. The van der Waals surface area contributed by atoms with Crippen molar-refractivity contribution in [3.05, 3.63) is 60.4 Å². The van der Waals surface area contributed by atoms with E-state index in [1.54, 1.807) is 59.3 Å². The summed E-state index contributed by atoms with van der Waals surface area (Å²) in [5.74, 6) is 0.941. The van der Waals surface area contributed by atoms with Gasteiger partial charge in [0.1, 0.15) is 23.7 Å². The number of thioether (sulfide) groups is 1. The first-order chi connectivity index (χ1) is 17.1. The first-order valence-corrected chi connectivity index (χ1v) is 12.3. The molecular weight excluding hydrogens is 475 g/mol. The molecule has 0 unspecified atom stereocenters. The summed E-state index contributed by atoms with van der Waals surface area (Å²) in [7, 11) is 0. The highest BCUT2D eigenvalue weighted by Crippen LogP contribution is 2.29. The average Bonchev–Trinajstić information content (AvgIpc) is 3.62. The Morgan fingerprint density at radius 3 is 2.89 bits per heavy atom. The summed E-state index contributed by atoms with van der Waals surface area (Å²) in [5, 5.41) is 20.6. The molecule has 0 saturated carbocycles. The molecule has 5 rings (SSSR count). The van der Waals surface area contributed by atoms with Gasteiger partial charge in [0.05, 0.1) is 37.3 Å². The molecule has 2 aromatic heterocycles. The molecular formula is C23H23FN6O4S. The van der Waals surface area contributed by atoms with Gasteiger partial charge in [-0.1, -0.05) is 16.4 Å². The molecule has 1 fully saturated rings. The second-order valence-corrected chi connectivity index (χ2v) is 9.26.